The van der Waals surface area contributed by atoms with Crippen molar-refractivity contribution in [2.24, 2.45) is 17.8 Å². The normalized spacial score (nSPS) is 14.3. The largest absolute Gasteiger partial charge is 0.472 e. The van der Waals surface area contributed by atoms with E-state index in [0.717, 1.165) is 120 Å². The molecule has 0 saturated heterocycles. The molecule has 0 amide bonds. The summed E-state index contributed by atoms with van der Waals surface area (Å²) in [6.45, 7) is 11.8. The summed E-state index contributed by atoms with van der Waals surface area (Å²) >= 11 is 0. The van der Waals surface area contributed by atoms with Crippen LogP contribution in [0.1, 0.15) is 357 Å². The van der Waals surface area contributed by atoms with E-state index >= 15 is 0 Å². The maximum atomic E-state index is 13.1. The summed E-state index contributed by atoms with van der Waals surface area (Å²) in [5.41, 5.74) is 0. The van der Waals surface area contributed by atoms with Gasteiger partial charge in [0.2, 0.25) is 0 Å². The Bertz CT molecular complexity index is 1930. The van der Waals surface area contributed by atoms with Gasteiger partial charge in [0, 0.05) is 25.7 Å². The first-order valence-corrected chi connectivity index (χ1v) is 41.2. The molecule has 94 heavy (non-hydrogen) atoms. The lowest BCUT2D eigenvalue weighted by Gasteiger charge is -2.21. The Labute approximate surface area is 573 Å². The van der Waals surface area contributed by atoms with Crippen molar-refractivity contribution in [3.05, 3.63) is 24.3 Å². The summed E-state index contributed by atoms with van der Waals surface area (Å²) in [6, 6.07) is 0. The van der Waals surface area contributed by atoms with Gasteiger partial charge in [0.25, 0.3) is 0 Å². The van der Waals surface area contributed by atoms with Crippen LogP contribution in [0.25, 0.3) is 0 Å². The second kappa shape index (κ2) is 65.2. The molecule has 3 N–H and O–H groups in total. The summed E-state index contributed by atoms with van der Waals surface area (Å²) in [5.74, 6) is 0.0977. The smallest absolute Gasteiger partial charge is 0.462 e. The molecule has 0 radical (unpaired) electrons. The van der Waals surface area contributed by atoms with Crippen molar-refractivity contribution in [1.82, 2.24) is 0 Å². The molecule has 0 aliphatic heterocycles. The van der Waals surface area contributed by atoms with E-state index in [1.54, 1.807) is 0 Å². The minimum Gasteiger partial charge on any atom is -0.462 e. The van der Waals surface area contributed by atoms with Crippen molar-refractivity contribution in [3.8, 4) is 0 Å². The Morgan fingerprint density at radius 3 is 0.862 bits per heavy atom. The Kier molecular flexibility index (Phi) is 63.5. The molecule has 554 valence electrons. The zero-order chi connectivity index (χ0) is 69.4. The number of phosphoric ester groups is 2. The van der Waals surface area contributed by atoms with Crippen LogP contribution < -0.4 is 0 Å². The van der Waals surface area contributed by atoms with E-state index in [2.05, 4.69) is 72.8 Å². The van der Waals surface area contributed by atoms with Crippen LogP contribution in [-0.2, 0) is 65.4 Å². The molecule has 19 heteroatoms. The third-order valence-corrected chi connectivity index (χ3v) is 18.7. The summed E-state index contributed by atoms with van der Waals surface area (Å²) in [6.07, 6.45) is 53.6. The van der Waals surface area contributed by atoms with Gasteiger partial charge < -0.3 is 33.8 Å². The number of aliphatic hydroxyl groups is 1. The van der Waals surface area contributed by atoms with E-state index in [1.165, 1.54) is 154 Å². The number of aliphatic hydroxyl groups excluding tert-OH is 1. The number of phosphoric acid groups is 2. The number of allylic oxidation sites excluding steroid dienone is 4. The SMILES string of the molecule is CCCCCC/C=C\C=C/CCCCCCCC(=O)O[C@H](COC(=O)CCCCCCCCCCCCCCCC(C)C)COP(=O)(O)OCC(O)COP(=O)(O)OC[C@@H](COC(=O)CCCCCCCCCCC(C)C)OC(=O)CCCCCCCCCCCC(C)C. The van der Waals surface area contributed by atoms with Gasteiger partial charge in [-0.05, 0) is 69.1 Å². The average molecular weight is 1380 g/mol. The molecule has 0 aromatic heterocycles. The summed E-state index contributed by atoms with van der Waals surface area (Å²) in [5, 5.41) is 10.6. The molecule has 0 aliphatic carbocycles. The molecular formula is C75H142O17P2. The fraction of sp³-hybridized carbons (Fsp3) is 0.893. The van der Waals surface area contributed by atoms with Crippen LogP contribution in [0.2, 0.25) is 0 Å². The Hall–Kier alpha value is -2.46. The number of esters is 4. The molecule has 17 nitrogen and oxygen atoms in total. The summed E-state index contributed by atoms with van der Waals surface area (Å²) in [4.78, 5) is 72.7. The van der Waals surface area contributed by atoms with Crippen LogP contribution >= 0.6 is 15.6 Å². The van der Waals surface area contributed by atoms with Crippen LogP contribution in [0.5, 0.6) is 0 Å². The van der Waals surface area contributed by atoms with Gasteiger partial charge in [-0.25, -0.2) is 9.13 Å². The van der Waals surface area contributed by atoms with Crippen molar-refractivity contribution in [1.29, 1.82) is 0 Å². The first-order valence-electron chi connectivity index (χ1n) is 38.2. The van der Waals surface area contributed by atoms with Crippen LogP contribution in [0.3, 0.4) is 0 Å². The molecule has 0 saturated carbocycles. The standard InChI is InChI=1S/C75H142O17P2/c1-8-9-10-11-12-13-14-15-16-19-23-28-37-44-51-58-74(79)91-70(62-85-72(77)56-49-42-35-27-22-20-17-18-21-25-32-39-46-53-66(2)3)64-89-93(81,82)87-60-69(76)61-88-94(83,84)90-65-71(63-86-73(78)57-50-43-36-31-30-34-41-48-55-68(6)7)92-75(80)59-52-45-38-29-24-26-33-40-47-54-67(4)5/h13-16,66-71,76H,8-12,17-65H2,1-7H3,(H,81,82)(H,83,84)/b14-13-,16-15-/t69?,70-,71-/m1/s1. The fourth-order valence-corrected chi connectivity index (χ4v) is 12.5. The first-order chi connectivity index (χ1) is 45.2. The van der Waals surface area contributed by atoms with Crippen LogP contribution in [-0.4, -0.2) is 96.7 Å². The molecular weight excluding hydrogens is 1230 g/mol. The first kappa shape index (κ1) is 91.5. The summed E-state index contributed by atoms with van der Waals surface area (Å²) in [7, 11) is -9.92. The lowest BCUT2D eigenvalue weighted by molar-refractivity contribution is -0.161. The minimum absolute atomic E-state index is 0.0847. The highest BCUT2D eigenvalue weighted by Gasteiger charge is 2.30. The van der Waals surface area contributed by atoms with Crippen molar-refractivity contribution < 1.29 is 80.2 Å². The van der Waals surface area contributed by atoms with Crippen molar-refractivity contribution in [2.75, 3.05) is 39.6 Å². The fourth-order valence-electron chi connectivity index (χ4n) is 10.9. The van der Waals surface area contributed by atoms with Crippen molar-refractivity contribution >= 4 is 39.5 Å². The number of ether oxygens (including phenoxy) is 4. The van der Waals surface area contributed by atoms with E-state index in [4.69, 9.17) is 37.0 Å². The Morgan fingerprint density at radius 2 is 0.574 bits per heavy atom. The maximum absolute atomic E-state index is 13.1. The second-order valence-corrected chi connectivity index (χ2v) is 30.7. The predicted octanol–water partition coefficient (Wildman–Crippen LogP) is 21.3. The van der Waals surface area contributed by atoms with E-state index in [9.17, 15) is 43.2 Å². The van der Waals surface area contributed by atoms with Gasteiger partial charge in [0.1, 0.15) is 19.3 Å². The second-order valence-electron chi connectivity index (χ2n) is 27.8. The molecule has 0 bridgehead atoms. The highest BCUT2D eigenvalue weighted by atomic mass is 31.2. The number of unbranched alkanes of at least 4 members (excludes halogenated alkanes) is 36. The van der Waals surface area contributed by atoms with Gasteiger partial charge in [0.15, 0.2) is 12.2 Å². The molecule has 0 aromatic carbocycles. The number of carbonyl (C=O) groups is 4. The van der Waals surface area contributed by atoms with Crippen molar-refractivity contribution in [3.63, 3.8) is 0 Å². The van der Waals surface area contributed by atoms with Gasteiger partial charge in [-0.1, -0.05) is 304 Å². The molecule has 5 atom stereocenters. The third-order valence-electron chi connectivity index (χ3n) is 16.8. The van der Waals surface area contributed by atoms with Gasteiger partial charge in [-0.15, -0.1) is 0 Å². The lowest BCUT2D eigenvalue weighted by atomic mass is 10.0. The molecule has 0 aromatic rings. The topological polar surface area (TPSA) is 237 Å². The van der Waals surface area contributed by atoms with Crippen LogP contribution in [0, 0.1) is 17.8 Å². The predicted molar refractivity (Wildman–Crippen MR) is 381 cm³/mol. The third kappa shape index (κ3) is 68.1. The number of hydrogen-bond acceptors (Lipinski definition) is 15. The lowest BCUT2D eigenvalue weighted by Crippen LogP contribution is -2.30. The molecule has 0 fully saturated rings. The van der Waals surface area contributed by atoms with Gasteiger partial charge >= 0.3 is 39.5 Å². The van der Waals surface area contributed by atoms with Crippen LogP contribution in [0.15, 0.2) is 24.3 Å². The minimum atomic E-state index is -4.97. The molecule has 0 heterocycles. The quantitative estimate of drug-likeness (QED) is 0.0169. The molecule has 3 unspecified atom stereocenters. The van der Waals surface area contributed by atoms with E-state index in [0.29, 0.717) is 25.7 Å². The highest BCUT2D eigenvalue weighted by molar-refractivity contribution is 7.47. The van der Waals surface area contributed by atoms with E-state index < -0.39 is 97.5 Å². The van der Waals surface area contributed by atoms with E-state index in [1.807, 2.05) is 0 Å². The zero-order valence-electron chi connectivity index (χ0n) is 60.9. The molecule has 0 aliphatic rings. The Balaban J connectivity index is 5.29. The number of hydrogen-bond donors (Lipinski definition) is 3. The van der Waals surface area contributed by atoms with E-state index in [-0.39, 0.29) is 25.7 Å². The zero-order valence-corrected chi connectivity index (χ0v) is 62.7. The maximum Gasteiger partial charge on any atom is 0.472 e. The number of rotatable bonds is 71. The van der Waals surface area contributed by atoms with Crippen molar-refractivity contribution in [2.45, 2.75) is 375 Å². The van der Waals surface area contributed by atoms with Crippen LogP contribution in [0.4, 0.5) is 0 Å². The highest BCUT2D eigenvalue weighted by Crippen LogP contribution is 2.45. The molecule has 0 spiro atoms. The van der Waals surface area contributed by atoms with Gasteiger partial charge in [-0.2, -0.15) is 0 Å². The monoisotopic (exact) mass is 1380 g/mol. The molecule has 0 rings (SSSR count). The summed E-state index contributed by atoms with van der Waals surface area (Å²) < 4.78 is 68.4. The Morgan fingerprint density at radius 1 is 0.330 bits per heavy atom. The average Bonchev–Trinajstić information content (AvgIpc) is 1.10. The van der Waals surface area contributed by atoms with Gasteiger partial charge in [-0.3, -0.25) is 37.3 Å². The number of carbonyl (C=O) groups excluding carboxylic acids is 4. The van der Waals surface area contributed by atoms with Gasteiger partial charge in [0.05, 0.1) is 26.4 Å².